The SMILES string of the molecule is NC(=O)CCCCNC(=O)c1cc2cccc(N)c2[nH]1. The number of rotatable bonds is 6. The van der Waals surface area contributed by atoms with Gasteiger partial charge in [-0.15, -0.1) is 0 Å². The summed E-state index contributed by atoms with van der Waals surface area (Å²) in [5, 5.41) is 3.70. The van der Waals surface area contributed by atoms with Crippen molar-refractivity contribution in [3.8, 4) is 0 Å². The summed E-state index contributed by atoms with van der Waals surface area (Å²) in [6.07, 6.45) is 1.74. The van der Waals surface area contributed by atoms with Crippen LogP contribution in [-0.4, -0.2) is 23.3 Å². The maximum Gasteiger partial charge on any atom is 0.267 e. The van der Waals surface area contributed by atoms with Crippen LogP contribution in [0, 0.1) is 0 Å². The minimum atomic E-state index is -0.317. The van der Waals surface area contributed by atoms with Crippen molar-refractivity contribution >= 4 is 28.4 Å². The Morgan fingerprint density at radius 3 is 2.75 bits per heavy atom. The van der Waals surface area contributed by atoms with Gasteiger partial charge in [0.2, 0.25) is 5.91 Å². The van der Waals surface area contributed by atoms with E-state index >= 15 is 0 Å². The molecule has 1 aromatic carbocycles. The molecule has 20 heavy (non-hydrogen) atoms. The third-order valence-electron chi connectivity index (χ3n) is 3.07. The molecular weight excluding hydrogens is 256 g/mol. The van der Waals surface area contributed by atoms with Crippen LogP contribution in [0.15, 0.2) is 24.3 Å². The topological polar surface area (TPSA) is 114 Å². The predicted octanol–water partition coefficient (Wildman–Crippen LogP) is 1.14. The highest BCUT2D eigenvalue weighted by Gasteiger charge is 2.10. The van der Waals surface area contributed by atoms with E-state index in [1.165, 1.54) is 0 Å². The zero-order valence-electron chi connectivity index (χ0n) is 11.1. The first kappa shape index (κ1) is 13.9. The Labute approximate surface area is 116 Å². The monoisotopic (exact) mass is 274 g/mol. The van der Waals surface area contributed by atoms with Gasteiger partial charge >= 0.3 is 0 Å². The van der Waals surface area contributed by atoms with Crippen LogP contribution in [0.1, 0.15) is 29.8 Å². The molecule has 6 N–H and O–H groups in total. The number of para-hydroxylation sites is 1. The van der Waals surface area contributed by atoms with Crippen LogP contribution in [0.25, 0.3) is 10.9 Å². The number of aromatic nitrogens is 1. The quantitative estimate of drug-likeness (QED) is 0.467. The molecule has 1 aromatic heterocycles. The number of carbonyl (C=O) groups is 2. The van der Waals surface area contributed by atoms with Gasteiger partial charge in [0.05, 0.1) is 11.2 Å². The molecule has 0 aliphatic carbocycles. The summed E-state index contributed by atoms with van der Waals surface area (Å²) in [5.41, 5.74) is 12.7. The fourth-order valence-corrected chi connectivity index (χ4v) is 2.02. The first-order valence-corrected chi connectivity index (χ1v) is 6.51. The lowest BCUT2D eigenvalue weighted by atomic mass is 10.2. The maximum absolute atomic E-state index is 11.9. The van der Waals surface area contributed by atoms with E-state index in [0.29, 0.717) is 30.8 Å². The Hall–Kier alpha value is -2.50. The molecule has 0 saturated heterocycles. The normalized spacial score (nSPS) is 10.6. The van der Waals surface area contributed by atoms with E-state index in [4.69, 9.17) is 11.5 Å². The summed E-state index contributed by atoms with van der Waals surface area (Å²) in [7, 11) is 0. The summed E-state index contributed by atoms with van der Waals surface area (Å²) in [6.45, 7) is 0.511. The average molecular weight is 274 g/mol. The van der Waals surface area contributed by atoms with Crippen LogP contribution in [0.2, 0.25) is 0 Å². The fraction of sp³-hybridized carbons (Fsp3) is 0.286. The summed E-state index contributed by atoms with van der Waals surface area (Å²) in [6, 6.07) is 7.29. The number of amides is 2. The van der Waals surface area contributed by atoms with Crippen molar-refractivity contribution in [1.29, 1.82) is 0 Å². The molecule has 0 spiro atoms. The van der Waals surface area contributed by atoms with E-state index in [2.05, 4.69) is 10.3 Å². The largest absolute Gasteiger partial charge is 0.397 e. The fourth-order valence-electron chi connectivity index (χ4n) is 2.02. The third-order valence-corrected chi connectivity index (χ3v) is 3.07. The summed E-state index contributed by atoms with van der Waals surface area (Å²) in [5.74, 6) is -0.498. The number of aromatic amines is 1. The predicted molar refractivity (Wildman–Crippen MR) is 78.1 cm³/mol. The molecule has 6 heteroatoms. The number of H-pyrrole nitrogens is 1. The minimum absolute atomic E-state index is 0.181. The van der Waals surface area contributed by atoms with Gasteiger partial charge in [0.25, 0.3) is 5.91 Å². The van der Waals surface area contributed by atoms with E-state index in [1.54, 1.807) is 12.1 Å². The number of unbranched alkanes of at least 4 members (excludes halogenated alkanes) is 1. The number of benzene rings is 1. The number of hydrogen-bond donors (Lipinski definition) is 4. The van der Waals surface area contributed by atoms with E-state index in [9.17, 15) is 9.59 Å². The summed E-state index contributed by atoms with van der Waals surface area (Å²) < 4.78 is 0. The third kappa shape index (κ3) is 3.28. The van der Waals surface area contributed by atoms with E-state index in [0.717, 1.165) is 17.3 Å². The van der Waals surface area contributed by atoms with Crippen molar-refractivity contribution in [1.82, 2.24) is 10.3 Å². The number of primary amides is 1. The summed E-state index contributed by atoms with van der Waals surface area (Å²) in [4.78, 5) is 25.5. The van der Waals surface area contributed by atoms with Crippen molar-refractivity contribution in [2.24, 2.45) is 5.73 Å². The highest BCUT2D eigenvalue weighted by molar-refractivity contribution is 6.00. The van der Waals surface area contributed by atoms with Crippen LogP contribution in [0.5, 0.6) is 0 Å². The number of nitrogens with one attached hydrogen (secondary N) is 2. The Balaban J connectivity index is 1.91. The molecule has 0 unspecified atom stereocenters. The van der Waals surface area contributed by atoms with Gasteiger partial charge in [-0.1, -0.05) is 12.1 Å². The Kier molecular flexibility index (Phi) is 4.24. The minimum Gasteiger partial charge on any atom is -0.397 e. The molecule has 2 aromatic rings. The van der Waals surface area contributed by atoms with Gasteiger partial charge in [0.1, 0.15) is 5.69 Å². The average Bonchev–Trinajstić information content (AvgIpc) is 2.83. The van der Waals surface area contributed by atoms with Crippen LogP contribution < -0.4 is 16.8 Å². The molecule has 2 amide bonds. The molecule has 0 aliphatic rings. The number of fused-ring (bicyclic) bond motifs is 1. The van der Waals surface area contributed by atoms with Crippen LogP contribution >= 0.6 is 0 Å². The van der Waals surface area contributed by atoms with Gasteiger partial charge in [0.15, 0.2) is 0 Å². The lowest BCUT2D eigenvalue weighted by Crippen LogP contribution is -2.25. The molecule has 0 radical (unpaired) electrons. The second kappa shape index (κ2) is 6.10. The first-order valence-electron chi connectivity index (χ1n) is 6.51. The van der Waals surface area contributed by atoms with Gasteiger partial charge < -0.3 is 21.8 Å². The van der Waals surface area contributed by atoms with Crippen LogP contribution in [-0.2, 0) is 4.79 Å². The zero-order chi connectivity index (χ0) is 14.5. The molecule has 0 fully saturated rings. The Bertz CT molecular complexity index is 633. The molecule has 2 rings (SSSR count). The molecular formula is C14H18N4O2. The molecule has 1 heterocycles. The van der Waals surface area contributed by atoms with Gasteiger partial charge in [-0.2, -0.15) is 0 Å². The number of anilines is 1. The Morgan fingerprint density at radius 2 is 2.05 bits per heavy atom. The van der Waals surface area contributed by atoms with Gasteiger partial charge in [-0.3, -0.25) is 9.59 Å². The summed E-state index contributed by atoms with van der Waals surface area (Å²) >= 11 is 0. The van der Waals surface area contributed by atoms with Crippen molar-refractivity contribution < 1.29 is 9.59 Å². The lowest BCUT2D eigenvalue weighted by Gasteiger charge is -2.02. The number of nitrogen functional groups attached to an aromatic ring is 1. The molecule has 6 nitrogen and oxygen atoms in total. The molecule has 0 atom stereocenters. The highest BCUT2D eigenvalue weighted by atomic mass is 16.2. The van der Waals surface area contributed by atoms with E-state index in [-0.39, 0.29) is 11.8 Å². The maximum atomic E-state index is 11.9. The van der Waals surface area contributed by atoms with E-state index in [1.807, 2.05) is 12.1 Å². The highest BCUT2D eigenvalue weighted by Crippen LogP contribution is 2.20. The second-order valence-electron chi connectivity index (χ2n) is 4.67. The standard InChI is InChI=1S/C14H18N4O2/c15-10-5-3-4-9-8-11(18-13(9)10)14(20)17-7-2-1-6-12(16)19/h3-5,8,18H,1-2,6-7,15H2,(H2,16,19)(H,17,20). The van der Waals surface area contributed by atoms with E-state index < -0.39 is 0 Å². The van der Waals surface area contributed by atoms with Crippen molar-refractivity contribution in [3.63, 3.8) is 0 Å². The second-order valence-corrected chi connectivity index (χ2v) is 4.67. The van der Waals surface area contributed by atoms with Crippen molar-refractivity contribution in [3.05, 3.63) is 30.0 Å². The number of carbonyl (C=O) groups excluding carboxylic acids is 2. The van der Waals surface area contributed by atoms with Crippen molar-refractivity contribution in [2.75, 3.05) is 12.3 Å². The molecule has 106 valence electrons. The number of nitrogens with two attached hydrogens (primary N) is 2. The van der Waals surface area contributed by atoms with Gasteiger partial charge in [-0.25, -0.2) is 0 Å². The number of hydrogen-bond acceptors (Lipinski definition) is 3. The Morgan fingerprint density at radius 1 is 1.25 bits per heavy atom. The molecule has 0 saturated carbocycles. The van der Waals surface area contributed by atoms with Crippen LogP contribution in [0.3, 0.4) is 0 Å². The van der Waals surface area contributed by atoms with Gasteiger partial charge in [-0.05, 0) is 25.0 Å². The lowest BCUT2D eigenvalue weighted by molar-refractivity contribution is -0.118. The van der Waals surface area contributed by atoms with Crippen LogP contribution in [0.4, 0.5) is 5.69 Å². The zero-order valence-corrected chi connectivity index (χ0v) is 11.1. The molecule has 0 bridgehead atoms. The smallest absolute Gasteiger partial charge is 0.267 e. The van der Waals surface area contributed by atoms with Crippen molar-refractivity contribution in [2.45, 2.75) is 19.3 Å². The molecule has 0 aliphatic heterocycles. The first-order chi connectivity index (χ1) is 9.58. The van der Waals surface area contributed by atoms with Gasteiger partial charge in [0, 0.05) is 18.4 Å².